The number of rotatable bonds is 6. The maximum absolute atomic E-state index is 12.4. The van der Waals surface area contributed by atoms with Crippen LogP contribution in [0.15, 0.2) is 40.8 Å². The normalized spacial score (nSPS) is 11.9. The van der Waals surface area contributed by atoms with Crippen molar-refractivity contribution in [1.82, 2.24) is 5.32 Å². The van der Waals surface area contributed by atoms with Crippen LogP contribution >= 0.6 is 0 Å². The first kappa shape index (κ1) is 19.4. The highest BCUT2D eigenvalue weighted by molar-refractivity contribution is 5.87. The summed E-state index contributed by atoms with van der Waals surface area (Å²) in [5.74, 6) is -1.98. The number of alkyl halides is 3. The number of ether oxygens (including phenoxy) is 1. The molecular formula is C17H16F3NO5. The van der Waals surface area contributed by atoms with Crippen LogP contribution in [0, 0.1) is 0 Å². The quantitative estimate of drug-likeness (QED) is 0.812. The fourth-order valence-electron chi connectivity index (χ4n) is 2.18. The number of carbonyl (C=O) groups is 2. The molecule has 26 heavy (non-hydrogen) atoms. The summed E-state index contributed by atoms with van der Waals surface area (Å²) in [6.45, 7) is 3.18. The van der Waals surface area contributed by atoms with Gasteiger partial charge in [0.05, 0.1) is 12.0 Å². The van der Waals surface area contributed by atoms with E-state index >= 15 is 0 Å². The zero-order valence-electron chi connectivity index (χ0n) is 13.9. The van der Waals surface area contributed by atoms with Crippen molar-refractivity contribution in [3.63, 3.8) is 0 Å². The smallest absolute Gasteiger partial charge is 0.475 e. The molecule has 0 spiro atoms. The Bertz CT molecular complexity index is 793. The van der Waals surface area contributed by atoms with Crippen LogP contribution in [0.3, 0.4) is 0 Å². The number of aromatic carboxylic acids is 1. The number of hydrogen-bond acceptors (Lipinski definition) is 4. The highest BCUT2D eigenvalue weighted by Gasteiger charge is 2.32. The summed E-state index contributed by atoms with van der Waals surface area (Å²) >= 11 is 0. The largest absolute Gasteiger partial charge is 0.573 e. The van der Waals surface area contributed by atoms with Gasteiger partial charge in [-0.3, -0.25) is 4.79 Å². The van der Waals surface area contributed by atoms with Gasteiger partial charge in [-0.1, -0.05) is 12.1 Å². The van der Waals surface area contributed by atoms with Crippen molar-refractivity contribution in [2.24, 2.45) is 0 Å². The summed E-state index contributed by atoms with van der Waals surface area (Å²) < 4.78 is 45.4. The summed E-state index contributed by atoms with van der Waals surface area (Å²) in [7, 11) is 0. The maximum Gasteiger partial charge on any atom is 0.573 e. The lowest BCUT2D eigenvalue weighted by Crippen LogP contribution is -2.39. The van der Waals surface area contributed by atoms with Gasteiger partial charge in [-0.15, -0.1) is 13.2 Å². The molecule has 1 aromatic heterocycles. The average molecular weight is 371 g/mol. The van der Waals surface area contributed by atoms with Gasteiger partial charge in [-0.25, -0.2) is 4.79 Å². The highest BCUT2D eigenvalue weighted by atomic mass is 19.4. The fourth-order valence-corrected chi connectivity index (χ4v) is 2.18. The Hall–Kier alpha value is -2.97. The molecule has 1 amide bonds. The van der Waals surface area contributed by atoms with Gasteiger partial charge >= 0.3 is 12.3 Å². The molecule has 9 heteroatoms. The zero-order chi connectivity index (χ0) is 19.5. The molecule has 0 aliphatic carbocycles. The first-order chi connectivity index (χ1) is 12.0. The summed E-state index contributed by atoms with van der Waals surface area (Å²) in [5.41, 5.74) is -0.561. The van der Waals surface area contributed by atoms with Gasteiger partial charge in [0.2, 0.25) is 11.7 Å². The van der Waals surface area contributed by atoms with Gasteiger partial charge in [0, 0.05) is 0 Å². The minimum atomic E-state index is -4.79. The predicted octanol–water partition coefficient (Wildman–Crippen LogP) is 3.47. The summed E-state index contributed by atoms with van der Waals surface area (Å²) in [6, 6.07) is 7.70. The lowest BCUT2D eigenvalue weighted by Gasteiger charge is -2.24. The van der Waals surface area contributed by atoms with Crippen LogP contribution in [0.5, 0.6) is 5.75 Å². The lowest BCUT2D eigenvalue weighted by molar-refractivity contribution is -0.274. The second kappa shape index (κ2) is 7.11. The van der Waals surface area contributed by atoms with E-state index in [4.69, 9.17) is 9.52 Å². The molecule has 0 saturated carbocycles. The van der Waals surface area contributed by atoms with Crippen LogP contribution in [-0.4, -0.2) is 23.3 Å². The maximum atomic E-state index is 12.4. The van der Waals surface area contributed by atoms with E-state index in [1.807, 2.05) is 0 Å². The van der Waals surface area contributed by atoms with E-state index in [1.54, 1.807) is 13.8 Å². The van der Waals surface area contributed by atoms with E-state index in [1.165, 1.54) is 24.3 Å². The zero-order valence-corrected chi connectivity index (χ0v) is 13.9. The first-order valence-electron chi connectivity index (χ1n) is 7.45. The van der Waals surface area contributed by atoms with E-state index in [0.29, 0.717) is 5.56 Å². The van der Waals surface area contributed by atoms with Crippen molar-refractivity contribution >= 4 is 11.9 Å². The van der Waals surface area contributed by atoms with E-state index < -0.39 is 23.7 Å². The van der Waals surface area contributed by atoms with E-state index in [0.717, 1.165) is 12.1 Å². The molecule has 0 saturated heterocycles. The number of halogens is 3. The number of carboxylic acids is 1. The number of furan rings is 1. The number of amides is 1. The van der Waals surface area contributed by atoms with Crippen molar-refractivity contribution in [3.05, 3.63) is 53.5 Å². The molecule has 0 aliphatic rings. The number of carbonyl (C=O) groups excluding carboxylic acids is 1. The van der Waals surface area contributed by atoms with Crippen LogP contribution in [0.4, 0.5) is 13.2 Å². The third-order valence-corrected chi connectivity index (χ3v) is 3.67. The van der Waals surface area contributed by atoms with Gasteiger partial charge < -0.3 is 19.6 Å². The van der Waals surface area contributed by atoms with Crippen LogP contribution in [0.2, 0.25) is 0 Å². The topological polar surface area (TPSA) is 88.8 Å². The third-order valence-electron chi connectivity index (χ3n) is 3.67. The molecule has 0 atom stereocenters. The van der Waals surface area contributed by atoms with Crippen LogP contribution < -0.4 is 10.1 Å². The van der Waals surface area contributed by atoms with E-state index in [-0.39, 0.29) is 23.8 Å². The molecule has 1 aromatic carbocycles. The number of nitrogens with one attached hydrogen (secondary N) is 1. The van der Waals surface area contributed by atoms with Gasteiger partial charge in [-0.2, -0.15) is 0 Å². The van der Waals surface area contributed by atoms with Gasteiger partial charge in [0.25, 0.3) is 0 Å². The Morgan fingerprint density at radius 3 is 2.23 bits per heavy atom. The molecule has 2 rings (SSSR count). The van der Waals surface area contributed by atoms with Gasteiger partial charge in [0.1, 0.15) is 11.5 Å². The molecule has 0 aliphatic heterocycles. The number of carboxylic acid groups (broad SMARTS) is 1. The molecule has 0 fully saturated rings. The van der Waals surface area contributed by atoms with Crippen molar-refractivity contribution in [2.45, 2.75) is 32.2 Å². The Labute approximate surface area is 146 Å². The summed E-state index contributed by atoms with van der Waals surface area (Å²) in [6.07, 6.45) is -4.79. The molecular weight excluding hydrogens is 355 g/mol. The van der Waals surface area contributed by atoms with Crippen LogP contribution in [0.25, 0.3) is 0 Å². The molecule has 140 valence electrons. The Morgan fingerprint density at radius 2 is 1.73 bits per heavy atom. The van der Waals surface area contributed by atoms with Crippen LogP contribution in [-0.2, 0) is 16.8 Å². The first-order valence-corrected chi connectivity index (χ1v) is 7.45. The predicted molar refractivity (Wildman–Crippen MR) is 83.7 cm³/mol. The minimum Gasteiger partial charge on any atom is -0.475 e. The monoisotopic (exact) mass is 371 g/mol. The second-order valence-electron chi connectivity index (χ2n) is 5.95. The van der Waals surface area contributed by atoms with Crippen molar-refractivity contribution < 1.29 is 37.0 Å². The van der Waals surface area contributed by atoms with Crippen molar-refractivity contribution in [2.75, 3.05) is 0 Å². The Balaban J connectivity index is 2.03. The standard InChI is InChI=1S/C17H16F3NO5/c1-16(2,10-3-5-11(6-4-10)26-17(18,19)20)15(24)21-9-12-7-8-13(25-12)14(22)23/h3-8H,9H2,1-2H3,(H,21,24)(H,22,23). The summed E-state index contributed by atoms with van der Waals surface area (Å²) in [4.78, 5) is 23.2. The summed E-state index contributed by atoms with van der Waals surface area (Å²) in [5, 5.41) is 11.4. The molecule has 6 nitrogen and oxygen atoms in total. The second-order valence-corrected chi connectivity index (χ2v) is 5.95. The van der Waals surface area contributed by atoms with Gasteiger partial charge in [-0.05, 0) is 43.7 Å². The molecule has 2 N–H and O–H groups in total. The average Bonchev–Trinajstić information content (AvgIpc) is 3.00. The number of hydrogen-bond donors (Lipinski definition) is 2. The Morgan fingerprint density at radius 1 is 1.12 bits per heavy atom. The SMILES string of the molecule is CC(C)(C(=O)NCc1ccc(C(=O)O)o1)c1ccc(OC(F)(F)F)cc1. The van der Waals surface area contributed by atoms with Crippen molar-refractivity contribution in [3.8, 4) is 5.75 Å². The van der Waals surface area contributed by atoms with Gasteiger partial charge in [0.15, 0.2) is 0 Å². The number of benzene rings is 1. The van der Waals surface area contributed by atoms with Crippen LogP contribution in [0.1, 0.15) is 35.7 Å². The molecule has 0 unspecified atom stereocenters. The highest BCUT2D eigenvalue weighted by Crippen LogP contribution is 2.28. The molecule has 2 aromatic rings. The minimum absolute atomic E-state index is 0.0230. The van der Waals surface area contributed by atoms with E-state index in [2.05, 4.69) is 10.1 Å². The molecule has 0 radical (unpaired) electrons. The molecule has 0 bridgehead atoms. The Kier molecular flexibility index (Phi) is 5.29. The lowest BCUT2D eigenvalue weighted by atomic mass is 9.83. The third kappa shape index (κ3) is 4.78. The van der Waals surface area contributed by atoms with Crippen molar-refractivity contribution in [1.29, 1.82) is 0 Å². The van der Waals surface area contributed by atoms with E-state index in [9.17, 15) is 22.8 Å². The fraction of sp³-hybridized carbons (Fsp3) is 0.294. The molecule has 1 heterocycles.